The fourth-order valence-electron chi connectivity index (χ4n) is 3.55. The fraction of sp³-hybridized carbons (Fsp3) is 0.480. The Balaban J connectivity index is 1.49. The molecule has 1 heterocycles. The van der Waals surface area contributed by atoms with Crippen molar-refractivity contribution in [1.29, 1.82) is 0 Å². The van der Waals surface area contributed by atoms with Gasteiger partial charge in [0.15, 0.2) is 5.96 Å². The van der Waals surface area contributed by atoms with Crippen molar-refractivity contribution < 1.29 is 14.2 Å². The lowest BCUT2D eigenvalue weighted by atomic mass is 10.1. The molecule has 0 aliphatic carbocycles. The summed E-state index contributed by atoms with van der Waals surface area (Å²) in [5.74, 6) is 3.11. The zero-order valence-corrected chi connectivity index (χ0v) is 18.9. The maximum absolute atomic E-state index is 6.15. The number of aryl methyl sites for hydroxylation is 1. The lowest BCUT2D eigenvalue weighted by molar-refractivity contribution is 0.166. The van der Waals surface area contributed by atoms with Crippen molar-refractivity contribution in [3.05, 3.63) is 59.2 Å². The standard InChI is InChI=1S/C25H35N3O3/c1-4-30-23-7-5-6-20(15-23)10-12-27-25(26-3)28-16-22-9-8-19(2)14-24(22)31-18-21-11-13-29-17-21/h5-9,14-15,21H,4,10-13,16-18H2,1-3H3,(H2,26,27,28). The molecule has 1 aliphatic rings. The number of hydrogen-bond donors (Lipinski definition) is 2. The van der Waals surface area contributed by atoms with E-state index < -0.39 is 0 Å². The summed E-state index contributed by atoms with van der Waals surface area (Å²) >= 11 is 0. The minimum absolute atomic E-state index is 0.483. The van der Waals surface area contributed by atoms with E-state index in [2.05, 4.69) is 52.9 Å². The van der Waals surface area contributed by atoms with Crippen molar-refractivity contribution >= 4 is 5.96 Å². The van der Waals surface area contributed by atoms with Gasteiger partial charge in [-0.15, -0.1) is 0 Å². The molecule has 2 aromatic rings. The molecular weight excluding hydrogens is 390 g/mol. The Morgan fingerprint density at radius 2 is 2.06 bits per heavy atom. The molecule has 0 spiro atoms. The van der Waals surface area contributed by atoms with E-state index in [1.165, 1.54) is 11.1 Å². The van der Waals surface area contributed by atoms with Gasteiger partial charge < -0.3 is 24.8 Å². The molecule has 168 valence electrons. The zero-order chi connectivity index (χ0) is 21.9. The van der Waals surface area contributed by atoms with Gasteiger partial charge in [0.25, 0.3) is 0 Å². The molecule has 1 aliphatic heterocycles. The van der Waals surface area contributed by atoms with Gasteiger partial charge in [-0.25, -0.2) is 0 Å². The number of benzene rings is 2. The summed E-state index contributed by atoms with van der Waals surface area (Å²) in [7, 11) is 1.79. The smallest absolute Gasteiger partial charge is 0.191 e. The highest BCUT2D eigenvalue weighted by Gasteiger charge is 2.17. The maximum atomic E-state index is 6.15. The SMILES string of the molecule is CCOc1cccc(CCNC(=NC)NCc2ccc(C)cc2OCC2CCOC2)c1. The van der Waals surface area contributed by atoms with Crippen LogP contribution in [0.3, 0.4) is 0 Å². The molecule has 0 radical (unpaired) electrons. The Morgan fingerprint density at radius 3 is 2.84 bits per heavy atom. The fourth-order valence-corrected chi connectivity index (χ4v) is 3.55. The average Bonchev–Trinajstić information content (AvgIpc) is 3.30. The monoisotopic (exact) mass is 425 g/mol. The molecule has 1 fully saturated rings. The molecule has 0 amide bonds. The van der Waals surface area contributed by atoms with Gasteiger partial charge in [0.1, 0.15) is 11.5 Å². The largest absolute Gasteiger partial charge is 0.494 e. The van der Waals surface area contributed by atoms with Gasteiger partial charge in [0, 0.05) is 38.2 Å². The first kappa shape index (κ1) is 22.9. The van der Waals surface area contributed by atoms with Gasteiger partial charge in [-0.3, -0.25) is 4.99 Å². The molecule has 1 unspecified atom stereocenters. The van der Waals surface area contributed by atoms with Gasteiger partial charge in [-0.1, -0.05) is 24.3 Å². The molecule has 1 saturated heterocycles. The Kier molecular flexibility index (Phi) is 9.03. The molecule has 6 heteroatoms. The number of hydrogen-bond acceptors (Lipinski definition) is 4. The summed E-state index contributed by atoms with van der Waals surface area (Å²) < 4.78 is 17.2. The van der Waals surface area contributed by atoms with Crippen LogP contribution in [-0.4, -0.2) is 46.0 Å². The molecule has 0 aromatic heterocycles. The second-order valence-corrected chi connectivity index (χ2v) is 7.83. The van der Waals surface area contributed by atoms with Crippen LogP contribution in [0.2, 0.25) is 0 Å². The van der Waals surface area contributed by atoms with Crippen LogP contribution in [0.15, 0.2) is 47.5 Å². The third-order valence-corrected chi connectivity index (χ3v) is 5.31. The predicted octanol–water partition coefficient (Wildman–Crippen LogP) is 3.72. The molecule has 6 nitrogen and oxygen atoms in total. The number of nitrogens with zero attached hydrogens (tertiary/aromatic N) is 1. The summed E-state index contributed by atoms with van der Waals surface area (Å²) in [6.07, 6.45) is 1.97. The second kappa shape index (κ2) is 12.2. The van der Waals surface area contributed by atoms with Crippen LogP contribution in [0.1, 0.15) is 30.0 Å². The lowest BCUT2D eigenvalue weighted by Crippen LogP contribution is -2.38. The maximum Gasteiger partial charge on any atom is 0.191 e. The minimum atomic E-state index is 0.483. The van der Waals surface area contributed by atoms with E-state index >= 15 is 0 Å². The first-order valence-corrected chi connectivity index (χ1v) is 11.1. The van der Waals surface area contributed by atoms with Crippen LogP contribution < -0.4 is 20.1 Å². The Morgan fingerprint density at radius 1 is 1.16 bits per heavy atom. The quantitative estimate of drug-likeness (QED) is 0.449. The minimum Gasteiger partial charge on any atom is -0.494 e. The van der Waals surface area contributed by atoms with Crippen LogP contribution in [-0.2, 0) is 17.7 Å². The number of rotatable bonds is 10. The predicted molar refractivity (Wildman–Crippen MR) is 125 cm³/mol. The first-order chi connectivity index (χ1) is 15.2. The average molecular weight is 426 g/mol. The topological polar surface area (TPSA) is 64.1 Å². The lowest BCUT2D eigenvalue weighted by Gasteiger charge is -2.17. The van der Waals surface area contributed by atoms with E-state index in [4.69, 9.17) is 14.2 Å². The van der Waals surface area contributed by atoms with Crippen LogP contribution >= 0.6 is 0 Å². The van der Waals surface area contributed by atoms with Gasteiger partial charge >= 0.3 is 0 Å². The molecule has 2 N–H and O–H groups in total. The van der Waals surface area contributed by atoms with Crippen molar-refractivity contribution in [2.24, 2.45) is 10.9 Å². The number of ether oxygens (including phenoxy) is 3. The molecule has 0 saturated carbocycles. The highest BCUT2D eigenvalue weighted by Crippen LogP contribution is 2.22. The zero-order valence-electron chi connectivity index (χ0n) is 18.9. The van der Waals surface area contributed by atoms with Crippen molar-refractivity contribution in [1.82, 2.24) is 10.6 Å². The number of aliphatic imine (C=N–C) groups is 1. The summed E-state index contributed by atoms with van der Waals surface area (Å²) in [6.45, 7) is 8.53. The number of guanidine groups is 1. The first-order valence-electron chi connectivity index (χ1n) is 11.1. The Labute approximate surface area is 186 Å². The molecule has 31 heavy (non-hydrogen) atoms. The molecule has 3 rings (SSSR count). The van der Waals surface area contributed by atoms with Crippen molar-refractivity contribution in [2.75, 3.05) is 40.0 Å². The Hall–Kier alpha value is -2.73. The Bertz CT molecular complexity index is 848. The van der Waals surface area contributed by atoms with Crippen LogP contribution in [0.4, 0.5) is 0 Å². The van der Waals surface area contributed by atoms with Gasteiger partial charge in [-0.05, 0) is 56.0 Å². The molecule has 0 bridgehead atoms. The van der Waals surface area contributed by atoms with Crippen molar-refractivity contribution in [3.63, 3.8) is 0 Å². The van der Waals surface area contributed by atoms with E-state index in [0.717, 1.165) is 55.6 Å². The van der Waals surface area contributed by atoms with E-state index in [9.17, 15) is 0 Å². The van der Waals surface area contributed by atoms with E-state index in [1.807, 2.05) is 19.1 Å². The molecule has 2 aromatic carbocycles. The molecule has 1 atom stereocenters. The van der Waals surface area contributed by atoms with Crippen LogP contribution in [0.25, 0.3) is 0 Å². The third-order valence-electron chi connectivity index (χ3n) is 5.31. The highest BCUT2D eigenvalue weighted by molar-refractivity contribution is 5.79. The summed E-state index contributed by atoms with van der Waals surface area (Å²) in [5.41, 5.74) is 3.55. The highest BCUT2D eigenvalue weighted by atomic mass is 16.5. The summed E-state index contributed by atoms with van der Waals surface area (Å²) in [5, 5.41) is 6.79. The van der Waals surface area contributed by atoms with E-state index in [0.29, 0.717) is 25.7 Å². The summed E-state index contributed by atoms with van der Waals surface area (Å²) in [6, 6.07) is 14.6. The van der Waals surface area contributed by atoms with Gasteiger partial charge in [0.2, 0.25) is 0 Å². The van der Waals surface area contributed by atoms with Gasteiger partial charge in [0.05, 0.1) is 19.8 Å². The third kappa shape index (κ3) is 7.47. The van der Waals surface area contributed by atoms with Crippen molar-refractivity contribution in [3.8, 4) is 11.5 Å². The molecular formula is C25H35N3O3. The number of nitrogens with one attached hydrogen (secondary N) is 2. The normalized spacial score (nSPS) is 16.2. The van der Waals surface area contributed by atoms with Crippen LogP contribution in [0.5, 0.6) is 11.5 Å². The van der Waals surface area contributed by atoms with E-state index in [-0.39, 0.29) is 0 Å². The van der Waals surface area contributed by atoms with E-state index in [1.54, 1.807) is 7.05 Å². The van der Waals surface area contributed by atoms with Crippen molar-refractivity contribution in [2.45, 2.75) is 33.2 Å². The van der Waals surface area contributed by atoms with Gasteiger partial charge in [-0.2, -0.15) is 0 Å². The second-order valence-electron chi connectivity index (χ2n) is 7.83. The summed E-state index contributed by atoms with van der Waals surface area (Å²) in [4.78, 5) is 4.35. The van der Waals surface area contributed by atoms with Crippen LogP contribution in [0, 0.1) is 12.8 Å².